The van der Waals surface area contributed by atoms with Gasteiger partial charge in [0.1, 0.15) is 5.60 Å². The molecule has 0 aliphatic rings. The molecule has 22 heavy (non-hydrogen) atoms. The largest absolute Gasteiger partial charge is 0.444 e. The minimum atomic E-state index is -0.461. The Morgan fingerprint density at radius 2 is 1.91 bits per heavy atom. The molecule has 0 radical (unpaired) electrons. The van der Waals surface area contributed by atoms with E-state index >= 15 is 0 Å². The second-order valence-electron chi connectivity index (χ2n) is 6.32. The fraction of sp³-hybridized carbons (Fsp3) is 0.500. The van der Waals surface area contributed by atoms with Gasteiger partial charge in [-0.25, -0.2) is 4.79 Å². The van der Waals surface area contributed by atoms with Crippen LogP contribution >= 0.6 is 0 Å². The number of benzene rings is 1. The topological polar surface area (TPSA) is 64.3 Å². The zero-order valence-corrected chi connectivity index (χ0v) is 14.1. The molecule has 0 unspecified atom stereocenters. The molecule has 0 aliphatic carbocycles. The molecule has 1 amide bonds. The second kappa shape index (κ2) is 8.47. The van der Waals surface area contributed by atoms with Gasteiger partial charge in [0.2, 0.25) is 0 Å². The van der Waals surface area contributed by atoms with E-state index in [0.29, 0.717) is 6.54 Å². The Bertz CT molecular complexity index is 499. The van der Waals surface area contributed by atoms with E-state index in [1.807, 2.05) is 45.0 Å². The zero-order chi connectivity index (χ0) is 16.6. The lowest BCUT2D eigenvalue weighted by molar-refractivity contribution is 0.0529. The maximum atomic E-state index is 11.6. The van der Waals surface area contributed by atoms with E-state index in [1.54, 1.807) is 0 Å². The lowest BCUT2D eigenvalue weighted by atomic mass is 10.00. The number of carbonyl (C=O) groups excluding carboxylic acids is 1. The van der Waals surface area contributed by atoms with Gasteiger partial charge >= 0.3 is 6.09 Å². The summed E-state index contributed by atoms with van der Waals surface area (Å²) in [4.78, 5) is 11.6. The number of allylic oxidation sites excluding steroid dienone is 1. The van der Waals surface area contributed by atoms with Crippen molar-refractivity contribution >= 4 is 17.4 Å². The molecule has 0 saturated carbocycles. The number of anilines is 1. The molecule has 4 nitrogen and oxygen atoms in total. The third-order valence-electron chi connectivity index (χ3n) is 3.00. The maximum absolute atomic E-state index is 11.6. The average Bonchev–Trinajstić information content (AvgIpc) is 2.41. The summed E-state index contributed by atoms with van der Waals surface area (Å²) in [5, 5.41) is 2.77. The highest BCUT2D eigenvalue weighted by Gasteiger charge is 2.15. The first-order chi connectivity index (χ1) is 10.3. The van der Waals surface area contributed by atoms with E-state index in [-0.39, 0.29) is 6.09 Å². The molecule has 0 saturated heterocycles. The number of carbonyl (C=O) groups is 1. The highest BCUT2D eigenvalue weighted by molar-refractivity contribution is 5.68. The second-order valence-corrected chi connectivity index (χ2v) is 6.32. The zero-order valence-electron chi connectivity index (χ0n) is 14.1. The minimum Gasteiger partial charge on any atom is -0.444 e. The molecule has 0 heterocycles. The van der Waals surface area contributed by atoms with Gasteiger partial charge in [0.05, 0.1) is 0 Å². The van der Waals surface area contributed by atoms with Gasteiger partial charge in [-0.2, -0.15) is 0 Å². The molecule has 4 heteroatoms. The van der Waals surface area contributed by atoms with Gasteiger partial charge in [-0.05, 0) is 56.9 Å². The number of nitrogens with two attached hydrogens (primary N) is 1. The van der Waals surface area contributed by atoms with Gasteiger partial charge in [0.15, 0.2) is 0 Å². The Morgan fingerprint density at radius 1 is 1.27 bits per heavy atom. The number of nitrogen functional groups attached to an aromatic ring is 1. The molecular weight excluding hydrogens is 276 g/mol. The quantitative estimate of drug-likeness (QED) is 0.606. The summed E-state index contributed by atoms with van der Waals surface area (Å²) in [5.41, 5.74) is 8.51. The number of rotatable bonds is 6. The van der Waals surface area contributed by atoms with E-state index in [2.05, 4.69) is 18.3 Å². The van der Waals surface area contributed by atoms with Crippen molar-refractivity contribution in [3.05, 3.63) is 35.9 Å². The fourth-order valence-electron chi connectivity index (χ4n) is 2.07. The highest BCUT2D eigenvalue weighted by Crippen LogP contribution is 2.21. The van der Waals surface area contributed by atoms with Crippen LogP contribution < -0.4 is 11.1 Å². The predicted octanol–water partition coefficient (Wildman–Crippen LogP) is 4.37. The van der Waals surface area contributed by atoms with E-state index in [9.17, 15) is 4.79 Å². The molecule has 0 atom stereocenters. The van der Waals surface area contributed by atoms with Gasteiger partial charge in [0, 0.05) is 12.2 Å². The van der Waals surface area contributed by atoms with Crippen molar-refractivity contribution in [2.75, 3.05) is 12.3 Å². The summed E-state index contributed by atoms with van der Waals surface area (Å²) in [5.74, 6) is 0. The van der Waals surface area contributed by atoms with Crippen molar-refractivity contribution < 1.29 is 9.53 Å². The Morgan fingerprint density at radius 3 is 2.45 bits per heavy atom. The molecule has 0 fully saturated rings. The standard InChI is InChI=1S/C18H28N2O2/c1-5-7-14(15-9-11-16(19)12-10-15)8-6-13-20-17(21)22-18(2,3)4/h8-12H,5-7,13,19H2,1-4H3,(H,20,21)/b14-8+. The average molecular weight is 304 g/mol. The molecule has 1 rings (SSSR count). The van der Waals surface area contributed by atoms with Crippen LogP contribution in [0.15, 0.2) is 30.3 Å². The van der Waals surface area contributed by atoms with Crippen LogP contribution in [0.25, 0.3) is 5.57 Å². The van der Waals surface area contributed by atoms with Crippen LogP contribution in [-0.2, 0) is 4.74 Å². The van der Waals surface area contributed by atoms with Crippen molar-refractivity contribution in [2.24, 2.45) is 0 Å². The molecule has 1 aromatic rings. The van der Waals surface area contributed by atoms with E-state index in [0.717, 1.165) is 24.9 Å². The lowest BCUT2D eigenvalue weighted by Crippen LogP contribution is -2.32. The van der Waals surface area contributed by atoms with Gasteiger partial charge in [0.25, 0.3) is 0 Å². The first-order valence-electron chi connectivity index (χ1n) is 7.83. The normalized spacial score (nSPS) is 12.1. The Hall–Kier alpha value is -1.97. The molecule has 0 aliphatic heterocycles. The third-order valence-corrected chi connectivity index (χ3v) is 3.00. The van der Waals surface area contributed by atoms with Crippen molar-refractivity contribution in [3.63, 3.8) is 0 Å². The number of nitrogens with one attached hydrogen (secondary N) is 1. The predicted molar refractivity (Wildman–Crippen MR) is 92.6 cm³/mol. The number of amides is 1. The summed E-state index contributed by atoms with van der Waals surface area (Å²) >= 11 is 0. The smallest absolute Gasteiger partial charge is 0.407 e. The van der Waals surface area contributed by atoms with Crippen LogP contribution in [0.3, 0.4) is 0 Å². The molecule has 3 N–H and O–H groups in total. The lowest BCUT2D eigenvalue weighted by Gasteiger charge is -2.19. The van der Waals surface area contributed by atoms with E-state index in [1.165, 1.54) is 11.1 Å². The highest BCUT2D eigenvalue weighted by atomic mass is 16.6. The number of hydrogen-bond donors (Lipinski definition) is 2. The number of alkyl carbamates (subject to hydrolysis) is 1. The maximum Gasteiger partial charge on any atom is 0.407 e. The Kier molecular flexibility index (Phi) is 6.96. The van der Waals surface area contributed by atoms with E-state index in [4.69, 9.17) is 10.5 Å². The molecule has 1 aromatic carbocycles. The summed E-state index contributed by atoms with van der Waals surface area (Å²) in [6.07, 6.45) is 4.67. The summed E-state index contributed by atoms with van der Waals surface area (Å²) in [6.45, 7) is 8.29. The molecule has 0 aromatic heterocycles. The molecule has 0 spiro atoms. The van der Waals surface area contributed by atoms with Crippen LogP contribution in [0.4, 0.5) is 10.5 Å². The fourth-order valence-corrected chi connectivity index (χ4v) is 2.07. The molecule has 122 valence electrons. The first kappa shape index (κ1) is 18.1. The van der Waals surface area contributed by atoms with Gasteiger partial charge in [-0.1, -0.05) is 31.6 Å². The minimum absolute atomic E-state index is 0.370. The van der Waals surface area contributed by atoms with Crippen molar-refractivity contribution in [1.82, 2.24) is 5.32 Å². The third kappa shape index (κ3) is 7.16. The van der Waals surface area contributed by atoms with Crippen molar-refractivity contribution in [1.29, 1.82) is 0 Å². The Labute approximate surface area is 133 Å². The van der Waals surface area contributed by atoms with Gasteiger partial charge in [-0.3, -0.25) is 0 Å². The van der Waals surface area contributed by atoms with Crippen molar-refractivity contribution in [3.8, 4) is 0 Å². The van der Waals surface area contributed by atoms with Crippen LogP contribution in [0, 0.1) is 0 Å². The first-order valence-corrected chi connectivity index (χ1v) is 7.83. The van der Waals surface area contributed by atoms with Crippen LogP contribution in [0.5, 0.6) is 0 Å². The van der Waals surface area contributed by atoms with Crippen LogP contribution in [0.2, 0.25) is 0 Å². The summed E-state index contributed by atoms with van der Waals surface area (Å²) < 4.78 is 5.21. The molecule has 0 bridgehead atoms. The van der Waals surface area contributed by atoms with Crippen LogP contribution in [0.1, 0.15) is 52.5 Å². The van der Waals surface area contributed by atoms with E-state index < -0.39 is 5.60 Å². The summed E-state index contributed by atoms with van der Waals surface area (Å²) in [6, 6.07) is 7.91. The van der Waals surface area contributed by atoms with Crippen LogP contribution in [-0.4, -0.2) is 18.2 Å². The number of ether oxygens (including phenoxy) is 1. The Balaban J connectivity index is 2.53. The van der Waals surface area contributed by atoms with Gasteiger partial charge in [-0.15, -0.1) is 0 Å². The molecular formula is C18H28N2O2. The summed E-state index contributed by atoms with van der Waals surface area (Å²) in [7, 11) is 0. The monoisotopic (exact) mass is 304 g/mol. The van der Waals surface area contributed by atoms with Gasteiger partial charge < -0.3 is 15.8 Å². The SMILES string of the molecule is CCC/C(=C\CCNC(=O)OC(C)(C)C)c1ccc(N)cc1. The number of hydrogen-bond acceptors (Lipinski definition) is 3. The van der Waals surface area contributed by atoms with Crippen molar-refractivity contribution in [2.45, 2.75) is 52.6 Å².